The molecule has 1 saturated heterocycles. The van der Waals surface area contributed by atoms with Crippen LogP contribution in [0.5, 0.6) is 0 Å². The molecular weight excluding hydrogens is 434 g/mol. The first-order valence-corrected chi connectivity index (χ1v) is 11.5. The molecule has 5 rings (SSSR count). The molecule has 34 heavy (non-hydrogen) atoms. The number of benzene rings is 1. The summed E-state index contributed by atoms with van der Waals surface area (Å²) < 4.78 is 11.2. The summed E-state index contributed by atoms with van der Waals surface area (Å²) in [6, 6.07) is 10.2. The van der Waals surface area contributed by atoms with Crippen molar-refractivity contribution in [3.63, 3.8) is 0 Å². The molecule has 1 unspecified atom stereocenters. The molecule has 8 heteroatoms. The van der Waals surface area contributed by atoms with Gasteiger partial charge in [-0.1, -0.05) is 17.7 Å². The van der Waals surface area contributed by atoms with Crippen LogP contribution in [0, 0.1) is 6.92 Å². The van der Waals surface area contributed by atoms with E-state index < -0.39 is 23.5 Å². The van der Waals surface area contributed by atoms with Crippen LogP contribution in [0.2, 0.25) is 0 Å². The van der Waals surface area contributed by atoms with Gasteiger partial charge in [0.05, 0.1) is 24.8 Å². The number of rotatable bonds is 7. The third kappa shape index (κ3) is 4.22. The highest BCUT2D eigenvalue weighted by Crippen LogP contribution is 2.39. The largest absolute Gasteiger partial charge is 0.503 e. The third-order valence-electron chi connectivity index (χ3n) is 6.42. The molecule has 0 radical (unpaired) electrons. The maximum Gasteiger partial charge on any atom is 0.290 e. The Morgan fingerprint density at radius 2 is 2.00 bits per heavy atom. The molecule has 0 aliphatic carbocycles. The lowest BCUT2D eigenvalue weighted by molar-refractivity contribution is -0.129. The fourth-order valence-electron chi connectivity index (χ4n) is 4.70. The topological polar surface area (TPSA) is 96.1 Å². The minimum absolute atomic E-state index is 0.0279. The maximum absolute atomic E-state index is 13.6. The monoisotopic (exact) mass is 461 g/mol. The van der Waals surface area contributed by atoms with Crippen molar-refractivity contribution in [2.45, 2.75) is 19.4 Å². The zero-order valence-corrected chi connectivity index (χ0v) is 19.1. The number of fused-ring (bicyclic) bond motifs is 1. The highest BCUT2D eigenvalue weighted by atomic mass is 16.5. The predicted molar refractivity (Wildman–Crippen MR) is 126 cm³/mol. The number of aliphatic hydroxyl groups is 1. The van der Waals surface area contributed by atoms with Crippen molar-refractivity contribution in [1.29, 1.82) is 0 Å². The highest BCUT2D eigenvalue weighted by molar-refractivity contribution is 6.16. The lowest BCUT2D eigenvalue weighted by Gasteiger charge is -2.29. The van der Waals surface area contributed by atoms with Crippen molar-refractivity contribution in [2.24, 2.45) is 0 Å². The maximum atomic E-state index is 13.6. The van der Waals surface area contributed by atoms with E-state index in [1.54, 1.807) is 29.4 Å². The van der Waals surface area contributed by atoms with E-state index in [2.05, 4.69) is 9.88 Å². The summed E-state index contributed by atoms with van der Waals surface area (Å²) in [4.78, 5) is 34.7. The normalized spacial score (nSPS) is 19.4. The Morgan fingerprint density at radius 3 is 2.76 bits per heavy atom. The summed E-state index contributed by atoms with van der Waals surface area (Å²) in [5.41, 5.74) is 2.32. The first-order chi connectivity index (χ1) is 16.5. The Bertz CT molecular complexity index is 1240. The summed E-state index contributed by atoms with van der Waals surface area (Å²) in [5.74, 6) is -1.48. The van der Waals surface area contributed by atoms with Crippen molar-refractivity contribution >= 4 is 22.7 Å². The van der Waals surface area contributed by atoms with Crippen molar-refractivity contribution in [3.8, 4) is 0 Å². The predicted octanol–water partition coefficient (Wildman–Crippen LogP) is 3.44. The Balaban J connectivity index is 1.44. The first kappa shape index (κ1) is 22.3. The molecule has 0 spiro atoms. The number of carbonyl (C=O) groups is 2. The number of carbonyl (C=O) groups excluding carboxylic acids is 2. The number of ketones is 1. The van der Waals surface area contributed by atoms with Gasteiger partial charge in [-0.2, -0.15) is 0 Å². The van der Waals surface area contributed by atoms with E-state index in [4.69, 9.17) is 9.15 Å². The number of Topliss-reactive ketones (excluding diaryl/α,β-unsaturated/α-hetero) is 1. The van der Waals surface area contributed by atoms with Crippen LogP contribution in [0.25, 0.3) is 11.0 Å². The van der Waals surface area contributed by atoms with Gasteiger partial charge >= 0.3 is 0 Å². The Labute approximate surface area is 197 Å². The van der Waals surface area contributed by atoms with Crippen LogP contribution in [0.15, 0.2) is 64.5 Å². The summed E-state index contributed by atoms with van der Waals surface area (Å²) >= 11 is 0. The third-order valence-corrected chi connectivity index (χ3v) is 6.42. The van der Waals surface area contributed by atoms with Crippen LogP contribution >= 0.6 is 0 Å². The van der Waals surface area contributed by atoms with Gasteiger partial charge in [-0.15, -0.1) is 0 Å². The van der Waals surface area contributed by atoms with E-state index >= 15 is 0 Å². The zero-order chi connectivity index (χ0) is 23.7. The summed E-state index contributed by atoms with van der Waals surface area (Å²) in [5, 5.41) is 11.6. The number of furan rings is 1. The van der Waals surface area contributed by atoms with E-state index in [1.807, 2.05) is 31.2 Å². The van der Waals surface area contributed by atoms with Crippen LogP contribution in [0.1, 0.15) is 34.1 Å². The van der Waals surface area contributed by atoms with Gasteiger partial charge in [0, 0.05) is 44.0 Å². The van der Waals surface area contributed by atoms with E-state index in [1.165, 1.54) is 0 Å². The van der Waals surface area contributed by atoms with Crippen LogP contribution in [0.3, 0.4) is 0 Å². The van der Waals surface area contributed by atoms with E-state index in [9.17, 15) is 14.7 Å². The lowest BCUT2D eigenvalue weighted by atomic mass is 9.96. The van der Waals surface area contributed by atoms with Crippen LogP contribution in [-0.2, 0) is 9.53 Å². The molecule has 2 aliphatic rings. The molecule has 1 aromatic carbocycles. The molecule has 8 nitrogen and oxygen atoms in total. The average molecular weight is 462 g/mol. The van der Waals surface area contributed by atoms with Gasteiger partial charge in [-0.3, -0.25) is 19.5 Å². The van der Waals surface area contributed by atoms with Gasteiger partial charge in [0.2, 0.25) is 5.78 Å². The van der Waals surface area contributed by atoms with Gasteiger partial charge in [-0.05, 0) is 43.2 Å². The van der Waals surface area contributed by atoms with Crippen molar-refractivity contribution in [1.82, 2.24) is 14.8 Å². The number of ether oxygens (including phenoxy) is 1. The zero-order valence-electron chi connectivity index (χ0n) is 19.1. The molecule has 0 bridgehead atoms. The summed E-state index contributed by atoms with van der Waals surface area (Å²) in [7, 11) is 0. The second kappa shape index (κ2) is 9.40. The van der Waals surface area contributed by atoms with Gasteiger partial charge in [-0.25, -0.2) is 0 Å². The standard InChI is InChI=1S/C26H27N3O5/c1-17-5-6-20-19(14-17)15-21(34-20)24(30)22-23(18-4-2-7-27-16-18)29(26(32)25(22)31)9-3-8-28-10-12-33-13-11-28/h2,4-7,14-16,23,31H,3,8-13H2,1H3. The Kier molecular flexibility index (Phi) is 6.17. The van der Waals surface area contributed by atoms with Gasteiger partial charge < -0.3 is 19.2 Å². The number of pyridine rings is 1. The molecule has 2 aromatic heterocycles. The van der Waals surface area contributed by atoms with Gasteiger partial charge in [0.25, 0.3) is 5.91 Å². The molecule has 1 N–H and O–H groups in total. The minimum Gasteiger partial charge on any atom is -0.503 e. The van der Waals surface area contributed by atoms with E-state index in [0.29, 0.717) is 37.3 Å². The molecule has 176 valence electrons. The fourth-order valence-corrected chi connectivity index (χ4v) is 4.70. The molecule has 1 fully saturated rings. The molecule has 3 aromatic rings. The molecule has 1 amide bonds. The molecule has 1 atom stereocenters. The number of hydrogen-bond donors (Lipinski definition) is 1. The molecular formula is C26H27N3O5. The van der Waals surface area contributed by atoms with Gasteiger partial charge in [0.1, 0.15) is 5.58 Å². The average Bonchev–Trinajstić information content (AvgIpc) is 3.39. The Hall–Kier alpha value is -3.49. The second-order valence-corrected chi connectivity index (χ2v) is 8.74. The first-order valence-electron chi connectivity index (χ1n) is 11.5. The SMILES string of the molecule is Cc1ccc2oc(C(=O)C3=C(O)C(=O)N(CCCN4CCOCC4)C3c3cccnc3)cc2c1. The van der Waals surface area contributed by atoms with Crippen LogP contribution in [-0.4, -0.2) is 71.0 Å². The smallest absolute Gasteiger partial charge is 0.290 e. The lowest BCUT2D eigenvalue weighted by Crippen LogP contribution is -2.39. The molecule has 2 aliphatic heterocycles. The van der Waals surface area contributed by atoms with Crippen molar-refractivity contribution < 1.29 is 23.8 Å². The fraction of sp³-hybridized carbons (Fsp3) is 0.346. The van der Waals surface area contributed by atoms with E-state index in [-0.39, 0.29) is 11.3 Å². The van der Waals surface area contributed by atoms with Crippen LogP contribution < -0.4 is 0 Å². The molecule has 0 saturated carbocycles. The number of aromatic nitrogens is 1. The number of hydrogen-bond acceptors (Lipinski definition) is 7. The number of amides is 1. The Morgan fingerprint density at radius 1 is 1.18 bits per heavy atom. The molecule has 4 heterocycles. The van der Waals surface area contributed by atoms with Gasteiger partial charge in [0.15, 0.2) is 11.5 Å². The van der Waals surface area contributed by atoms with Crippen molar-refractivity contribution in [3.05, 3.63) is 77.0 Å². The highest BCUT2D eigenvalue weighted by Gasteiger charge is 2.44. The summed E-state index contributed by atoms with van der Waals surface area (Å²) in [6.45, 7) is 6.30. The van der Waals surface area contributed by atoms with E-state index in [0.717, 1.165) is 30.6 Å². The number of aryl methyl sites for hydroxylation is 1. The van der Waals surface area contributed by atoms with Crippen molar-refractivity contribution in [2.75, 3.05) is 39.4 Å². The van der Waals surface area contributed by atoms with Crippen LogP contribution in [0.4, 0.5) is 0 Å². The number of nitrogens with zero attached hydrogens (tertiary/aromatic N) is 3. The number of aliphatic hydroxyl groups excluding tert-OH is 1. The summed E-state index contributed by atoms with van der Waals surface area (Å²) in [6.07, 6.45) is 3.97. The minimum atomic E-state index is -0.728. The number of morpholine rings is 1. The second-order valence-electron chi connectivity index (χ2n) is 8.74. The quantitative estimate of drug-likeness (QED) is 0.539.